The summed E-state index contributed by atoms with van der Waals surface area (Å²) >= 11 is 0. The number of amides is 1. The Hall–Kier alpha value is -1.95. The van der Waals surface area contributed by atoms with Crippen LogP contribution in [0.4, 0.5) is 5.69 Å². The molecule has 6 nitrogen and oxygen atoms in total. The fourth-order valence-electron chi connectivity index (χ4n) is 2.62. The topological polar surface area (TPSA) is 98.3 Å². The van der Waals surface area contributed by atoms with Gasteiger partial charge in [-0.05, 0) is 31.2 Å². The normalized spacial score (nSPS) is 22.4. The number of rotatable bonds is 5. The molecule has 0 atom stereocenters. The van der Waals surface area contributed by atoms with Crippen molar-refractivity contribution in [2.45, 2.75) is 38.3 Å². The van der Waals surface area contributed by atoms with Gasteiger partial charge in [-0.1, -0.05) is 12.1 Å². The minimum Gasteiger partial charge on any atom is -0.369 e. The van der Waals surface area contributed by atoms with Gasteiger partial charge in [0.25, 0.3) is 5.69 Å². The number of nitrogens with two attached hydrogens (primary N) is 1. The van der Waals surface area contributed by atoms with Gasteiger partial charge in [-0.25, -0.2) is 0 Å². The molecule has 1 aliphatic carbocycles. The third kappa shape index (κ3) is 3.77. The maximum absolute atomic E-state index is 11.1. The molecular weight excluding hydrogens is 258 g/mol. The molecule has 0 bridgehead atoms. The van der Waals surface area contributed by atoms with Crippen LogP contribution in [0.5, 0.6) is 0 Å². The molecule has 0 heterocycles. The summed E-state index contributed by atoms with van der Waals surface area (Å²) in [6.07, 6.45) is 3.48. The van der Waals surface area contributed by atoms with Crippen molar-refractivity contribution in [3.8, 4) is 0 Å². The van der Waals surface area contributed by atoms with Crippen molar-refractivity contribution >= 4 is 11.6 Å². The maximum Gasteiger partial charge on any atom is 0.269 e. The van der Waals surface area contributed by atoms with Crippen LogP contribution in [0.15, 0.2) is 24.3 Å². The van der Waals surface area contributed by atoms with E-state index in [0.29, 0.717) is 12.6 Å². The predicted octanol–water partition coefficient (Wildman–Crippen LogP) is 1.73. The molecule has 0 aliphatic heterocycles. The molecule has 0 radical (unpaired) electrons. The average Bonchev–Trinajstić information content (AvgIpc) is 2.46. The monoisotopic (exact) mass is 277 g/mol. The van der Waals surface area contributed by atoms with Gasteiger partial charge < -0.3 is 11.1 Å². The summed E-state index contributed by atoms with van der Waals surface area (Å²) in [4.78, 5) is 21.4. The molecule has 1 amide bonds. The van der Waals surface area contributed by atoms with Gasteiger partial charge in [-0.15, -0.1) is 0 Å². The lowest BCUT2D eigenvalue weighted by atomic mass is 9.85. The largest absolute Gasteiger partial charge is 0.369 e. The number of hydrogen-bond acceptors (Lipinski definition) is 4. The van der Waals surface area contributed by atoms with Crippen molar-refractivity contribution in [1.29, 1.82) is 0 Å². The number of primary amides is 1. The molecular formula is C14H19N3O3. The van der Waals surface area contributed by atoms with E-state index < -0.39 is 0 Å². The fraction of sp³-hybridized carbons (Fsp3) is 0.500. The van der Waals surface area contributed by atoms with Gasteiger partial charge in [0.2, 0.25) is 5.91 Å². The second kappa shape index (κ2) is 6.47. The molecule has 1 aliphatic rings. The molecule has 2 rings (SSSR count). The molecule has 1 aromatic carbocycles. The minimum atomic E-state index is -0.387. The Kier molecular flexibility index (Phi) is 4.68. The number of nitrogens with zero attached hydrogens (tertiary/aromatic N) is 1. The highest BCUT2D eigenvalue weighted by molar-refractivity contribution is 5.76. The molecule has 1 fully saturated rings. The number of hydrogen-bond donors (Lipinski definition) is 2. The number of non-ortho nitro benzene ring substituents is 1. The van der Waals surface area contributed by atoms with E-state index in [1.54, 1.807) is 12.1 Å². The van der Waals surface area contributed by atoms with E-state index in [1.165, 1.54) is 6.07 Å². The highest BCUT2D eigenvalue weighted by atomic mass is 16.6. The number of nitrogens with one attached hydrogen (secondary N) is 1. The van der Waals surface area contributed by atoms with Gasteiger partial charge in [0, 0.05) is 30.6 Å². The Bertz CT molecular complexity index is 496. The summed E-state index contributed by atoms with van der Waals surface area (Å²) in [6.45, 7) is 0.605. The van der Waals surface area contributed by atoms with Crippen LogP contribution in [-0.4, -0.2) is 16.9 Å². The van der Waals surface area contributed by atoms with Crippen LogP contribution in [-0.2, 0) is 11.3 Å². The van der Waals surface area contributed by atoms with Gasteiger partial charge in [-0.3, -0.25) is 14.9 Å². The first-order valence-corrected chi connectivity index (χ1v) is 6.82. The van der Waals surface area contributed by atoms with Crippen molar-refractivity contribution in [2.24, 2.45) is 11.7 Å². The lowest BCUT2D eigenvalue weighted by Crippen LogP contribution is -2.36. The minimum absolute atomic E-state index is 0.00543. The van der Waals surface area contributed by atoms with Crippen molar-refractivity contribution in [3.05, 3.63) is 39.9 Å². The van der Waals surface area contributed by atoms with Gasteiger partial charge in [-0.2, -0.15) is 0 Å². The first kappa shape index (κ1) is 14.5. The van der Waals surface area contributed by atoms with Crippen molar-refractivity contribution in [2.75, 3.05) is 0 Å². The van der Waals surface area contributed by atoms with Crippen LogP contribution in [0.3, 0.4) is 0 Å². The Labute approximate surface area is 117 Å². The third-order valence-electron chi connectivity index (χ3n) is 3.85. The van der Waals surface area contributed by atoms with Crippen LogP contribution < -0.4 is 11.1 Å². The third-order valence-corrected chi connectivity index (χ3v) is 3.85. The van der Waals surface area contributed by atoms with Gasteiger partial charge in [0.15, 0.2) is 0 Å². The maximum atomic E-state index is 11.1. The Morgan fingerprint density at radius 1 is 1.35 bits per heavy atom. The highest BCUT2D eigenvalue weighted by Crippen LogP contribution is 2.24. The molecule has 6 heteroatoms. The van der Waals surface area contributed by atoms with Crippen LogP contribution >= 0.6 is 0 Å². The van der Waals surface area contributed by atoms with E-state index in [-0.39, 0.29) is 22.4 Å². The summed E-state index contributed by atoms with van der Waals surface area (Å²) in [5.74, 6) is -0.201. The molecule has 0 saturated heterocycles. The van der Waals surface area contributed by atoms with Gasteiger partial charge in [0.1, 0.15) is 0 Å². The smallest absolute Gasteiger partial charge is 0.269 e. The molecule has 1 saturated carbocycles. The molecule has 3 N–H and O–H groups in total. The van der Waals surface area contributed by atoms with Crippen LogP contribution in [0.2, 0.25) is 0 Å². The number of nitro groups is 1. The SMILES string of the molecule is NC(=O)C1CCC(NCc2cccc([N+](=O)[O-])c2)CC1. The summed E-state index contributed by atoms with van der Waals surface area (Å²) in [6, 6.07) is 6.99. The molecule has 1 aromatic rings. The molecule has 108 valence electrons. The fourth-order valence-corrected chi connectivity index (χ4v) is 2.62. The number of benzene rings is 1. The molecule has 0 unspecified atom stereocenters. The van der Waals surface area contributed by atoms with Crippen LogP contribution in [0.25, 0.3) is 0 Å². The van der Waals surface area contributed by atoms with E-state index >= 15 is 0 Å². The van der Waals surface area contributed by atoms with Crippen LogP contribution in [0.1, 0.15) is 31.2 Å². The number of nitro benzene ring substituents is 1. The zero-order valence-corrected chi connectivity index (χ0v) is 11.2. The van der Waals surface area contributed by atoms with E-state index in [0.717, 1.165) is 31.2 Å². The summed E-state index contributed by atoms with van der Waals surface area (Å²) < 4.78 is 0. The predicted molar refractivity (Wildman–Crippen MR) is 74.9 cm³/mol. The molecule has 0 spiro atoms. The number of carbonyl (C=O) groups excluding carboxylic acids is 1. The Morgan fingerprint density at radius 2 is 2.05 bits per heavy atom. The van der Waals surface area contributed by atoms with Crippen molar-refractivity contribution in [3.63, 3.8) is 0 Å². The summed E-state index contributed by atoms with van der Waals surface area (Å²) in [5, 5.41) is 14.1. The zero-order chi connectivity index (χ0) is 14.5. The summed E-state index contributed by atoms with van der Waals surface area (Å²) in [5.41, 5.74) is 6.31. The van der Waals surface area contributed by atoms with Crippen molar-refractivity contribution in [1.82, 2.24) is 5.32 Å². The summed E-state index contributed by atoms with van der Waals surface area (Å²) in [7, 11) is 0. The van der Waals surface area contributed by atoms with E-state index in [1.807, 2.05) is 6.07 Å². The van der Waals surface area contributed by atoms with Crippen LogP contribution in [0, 0.1) is 16.0 Å². The second-order valence-corrected chi connectivity index (χ2v) is 5.26. The second-order valence-electron chi connectivity index (χ2n) is 5.26. The Morgan fingerprint density at radius 3 is 2.65 bits per heavy atom. The first-order chi connectivity index (χ1) is 9.56. The average molecular weight is 277 g/mol. The van der Waals surface area contributed by atoms with Gasteiger partial charge in [0.05, 0.1) is 4.92 Å². The van der Waals surface area contributed by atoms with Gasteiger partial charge >= 0.3 is 0 Å². The van der Waals surface area contributed by atoms with E-state index in [2.05, 4.69) is 5.32 Å². The highest BCUT2D eigenvalue weighted by Gasteiger charge is 2.24. The quantitative estimate of drug-likeness (QED) is 0.632. The lowest BCUT2D eigenvalue weighted by molar-refractivity contribution is -0.384. The Balaban J connectivity index is 1.83. The van der Waals surface area contributed by atoms with E-state index in [4.69, 9.17) is 5.73 Å². The number of carbonyl (C=O) groups is 1. The molecule has 20 heavy (non-hydrogen) atoms. The zero-order valence-electron chi connectivity index (χ0n) is 11.2. The molecule has 0 aromatic heterocycles. The standard InChI is InChI=1S/C14H19N3O3/c15-14(18)11-4-6-12(7-5-11)16-9-10-2-1-3-13(8-10)17(19)20/h1-3,8,11-12,16H,4-7,9H2,(H2,15,18). The first-order valence-electron chi connectivity index (χ1n) is 6.82. The van der Waals surface area contributed by atoms with Crippen molar-refractivity contribution < 1.29 is 9.72 Å². The lowest BCUT2D eigenvalue weighted by Gasteiger charge is -2.27. The van der Waals surface area contributed by atoms with E-state index in [9.17, 15) is 14.9 Å².